The molecule has 0 amide bonds. The number of piperazine rings is 1. The molecule has 0 spiro atoms. The summed E-state index contributed by atoms with van der Waals surface area (Å²) in [7, 11) is 1.81. The predicted octanol–water partition coefficient (Wildman–Crippen LogP) is -0.182. The summed E-state index contributed by atoms with van der Waals surface area (Å²) in [4.78, 5) is 0. The van der Waals surface area contributed by atoms with Gasteiger partial charge >= 0.3 is 0 Å². The molecule has 1 aliphatic rings. The molecule has 1 saturated heterocycles. The number of ether oxygens (including phenoxy) is 4. The summed E-state index contributed by atoms with van der Waals surface area (Å²) in [6.45, 7) is 17.9. The van der Waals surface area contributed by atoms with Gasteiger partial charge < -0.3 is 28.8 Å². The number of nitrogens with one attached hydrogen (secondary N) is 1. The van der Waals surface area contributed by atoms with E-state index in [1.807, 2.05) is 27.7 Å². The lowest BCUT2D eigenvalue weighted by atomic mass is 9.75. The third-order valence-corrected chi connectivity index (χ3v) is 9.87. The molecule has 1 heterocycles. The zero-order chi connectivity index (χ0) is 19.8. The number of rotatable bonds is 12. The van der Waals surface area contributed by atoms with Gasteiger partial charge in [-0.1, -0.05) is 13.8 Å². The minimum absolute atomic E-state index is 0.0244. The van der Waals surface area contributed by atoms with Gasteiger partial charge in [0.05, 0.1) is 15.6 Å². The van der Waals surface area contributed by atoms with E-state index in [0.29, 0.717) is 19.8 Å². The maximum absolute atomic E-state index is 6.27. The molecule has 6 nitrogen and oxygen atoms in total. The molecule has 1 aliphatic heterocycles. The molecule has 0 aromatic rings. The highest BCUT2D eigenvalue weighted by Crippen LogP contribution is 2.43. The van der Waals surface area contributed by atoms with Crippen molar-refractivity contribution in [2.24, 2.45) is 5.41 Å². The van der Waals surface area contributed by atoms with E-state index in [-0.39, 0.29) is 16.6 Å². The first-order chi connectivity index (χ1) is 12.3. The van der Waals surface area contributed by atoms with Crippen LogP contribution in [-0.4, -0.2) is 88.5 Å². The Balaban J connectivity index is 3.33. The van der Waals surface area contributed by atoms with E-state index in [2.05, 4.69) is 23.7 Å². The second kappa shape index (κ2) is 10.7. The monoisotopic (exact) mass is 406 g/mol. The summed E-state index contributed by atoms with van der Waals surface area (Å²) in [5.41, 5.74) is 0.0244. The number of hydrogen-bond donors (Lipinski definition) is 1. The summed E-state index contributed by atoms with van der Waals surface area (Å²) < 4.78 is 27.0. The van der Waals surface area contributed by atoms with E-state index in [1.165, 1.54) is 0 Å². The summed E-state index contributed by atoms with van der Waals surface area (Å²) in [6, 6.07) is 0.207. The third kappa shape index (κ3) is 4.97. The molecule has 2 unspecified atom stereocenters. The molecule has 0 bridgehead atoms. The van der Waals surface area contributed by atoms with Crippen LogP contribution >= 0.6 is 0 Å². The van der Waals surface area contributed by atoms with Crippen molar-refractivity contribution in [1.29, 1.82) is 0 Å². The highest BCUT2D eigenvalue weighted by molar-refractivity contribution is 6.21. The average Bonchev–Trinajstić information content (AvgIpc) is 2.57. The summed E-state index contributed by atoms with van der Waals surface area (Å²) in [5, 5.41) is 3.51. The molecular weight excluding hydrogens is 364 g/mol. The fourth-order valence-corrected chi connectivity index (χ4v) is 6.63. The zero-order valence-corrected chi connectivity index (χ0v) is 22.3. The fourth-order valence-electron chi connectivity index (χ4n) is 4.23. The zero-order valence-electron chi connectivity index (χ0n) is 18.3. The molecule has 1 rings (SSSR count). The van der Waals surface area contributed by atoms with Crippen molar-refractivity contribution in [3.63, 3.8) is 0 Å². The Morgan fingerprint density at radius 1 is 1.04 bits per heavy atom. The molecular formula is C18H42N2O4Si2. The number of nitrogens with zero attached hydrogens (tertiary/aromatic N) is 1. The lowest BCUT2D eigenvalue weighted by Crippen LogP contribution is -2.81. The second-order valence-electron chi connectivity index (χ2n) is 7.75. The van der Waals surface area contributed by atoms with E-state index < -0.39 is 5.97 Å². The molecule has 1 fully saturated rings. The molecule has 0 saturated carbocycles. The topological polar surface area (TPSA) is 52.2 Å². The molecule has 0 radical (unpaired) electrons. The number of hydrogen-bond acceptors (Lipinski definition) is 6. The highest BCUT2D eigenvalue weighted by atomic mass is 28.2. The first-order valence-electron chi connectivity index (χ1n) is 10.2. The van der Waals surface area contributed by atoms with Gasteiger partial charge in [0.1, 0.15) is 0 Å². The van der Waals surface area contributed by atoms with Crippen LogP contribution in [0.5, 0.6) is 0 Å². The van der Waals surface area contributed by atoms with Crippen LogP contribution < -0.4 is 5.32 Å². The van der Waals surface area contributed by atoms with Crippen LogP contribution in [0.4, 0.5) is 0 Å². The van der Waals surface area contributed by atoms with Gasteiger partial charge in [0.2, 0.25) is 0 Å². The molecule has 26 heavy (non-hydrogen) atoms. The lowest BCUT2D eigenvalue weighted by Gasteiger charge is -2.60. The maximum atomic E-state index is 6.27. The van der Waals surface area contributed by atoms with Gasteiger partial charge in [-0.25, -0.2) is 0 Å². The van der Waals surface area contributed by atoms with Gasteiger partial charge in [-0.2, -0.15) is 0 Å². The smallest absolute Gasteiger partial charge is 0.299 e. The minimum Gasteiger partial charge on any atom is -0.382 e. The quantitative estimate of drug-likeness (QED) is 0.276. The lowest BCUT2D eigenvalue weighted by molar-refractivity contribution is -0.412. The van der Waals surface area contributed by atoms with Crippen molar-refractivity contribution in [2.45, 2.75) is 65.1 Å². The van der Waals surface area contributed by atoms with Crippen molar-refractivity contribution < 1.29 is 18.9 Å². The Morgan fingerprint density at radius 3 is 2.04 bits per heavy atom. The predicted molar refractivity (Wildman–Crippen MR) is 114 cm³/mol. The largest absolute Gasteiger partial charge is 0.382 e. The first-order valence-corrected chi connectivity index (χ1v) is 12.1. The Bertz CT molecular complexity index is 398. The third-order valence-electron chi connectivity index (χ3n) is 5.65. The van der Waals surface area contributed by atoms with E-state index in [4.69, 9.17) is 18.9 Å². The molecule has 0 aliphatic carbocycles. The molecule has 0 aromatic heterocycles. The highest BCUT2D eigenvalue weighted by Gasteiger charge is 2.62. The van der Waals surface area contributed by atoms with Crippen LogP contribution in [0.15, 0.2) is 0 Å². The standard InChI is InChI=1S/C18H42N2O4Si2/c1-7-21-14-11-16(5,6)15-17(25,20(26)13-12-19-15)18(22-8-2,23-9-3)24-10-4/h15,19H,7-14H2,1-6,25-26H3. The van der Waals surface area contributed by atoms with Gasteiger partial charge in [-0.15, -0.1) is 0 Å². The maximum Gasteiger partial charge on any atom is 0.299 e. The minimum atomic E-state index is -1.03. The SMILES string of the molecule is CCOCCC(C)(C)C1NCCN([SiH3])C1([SiH3])C(OCC)(OCC)OCC. The van der Waals surface area contributed by atoms with E-state index in [9.17, 15) is 0 Å². The van der Waals surface area contributed by atoms with Gasteiger partial charge in [0, 0.05) is 62.4 Å². The van der Waals surface area contributed by atoms with Crippen molar-refractivity contribution in [1.82, 2.24) is 9.88 Å². The van der Waals surface area contributed by atoms with Crippen molar-refractivity contribution >= 4 is 20.6 Å². The van der Waals surface area contributed by atoms with Crippen LogP contribution in [0.2, 0.25) is 0 Å². The summed E-state index contributed by atoms with van der Waals surface area (Å²) in [6.07, 6.45) is 0.984. The van der Waals surface area contributed by atoms with E-state index >= 15 is 0 Å². The average molecular weight is 407 g/mol. The normalized spacial score (nSPS) is 25.8. The van der Waals surface area contributed by atoms with Crippen LogP contribution in [0.3, 0.4) is 0 Å². The summed E-state index contributed by atoms with van der Waals surface area (Å²) in [5.74, 6) is -1.03. The Labute approximate surface area is 166 Å². The van der Waals surface area contributed by atoms with Crippen LogP contribution in [0, 0.1) is 5.41 Å². The first kappa shape index (κ1) is 24.2. The molecule has 0 aromatic carbocycles. The van der Waals surface area contributed by atoms with Crippen LogP contribution in [0.25, 0.3) is 0 Å². The van der Waals surface area contributed by atoms with Gasteiger partial charge in [0.25, 0.3) is 5.97 Å². The van der Waals surface area contributed by atoms with Gasteiger partial charge in [0.15, 0.2) is 0 Å². The van der Waals surface area contributed by atoms with Crippen molar-refractivity contribution in [2.75, 3.05) is 46.1 Å². The van der Waals surface area contributed by atoms with Crippen molar-refractivity contribution in [3.8, 4) is 0 Å². The Morgan fingerprint density at radius 2 is 1.58 bits per heavy atom. The second-order valence-corrected chi connectivity index (χ2v) is 10.4. The van der Waals surface area contributed by atoms with Crippen LogP contribution in [-0.2, 0) is 18.9 Å². The van der Waals surface area contributed by atoms with Gasteiger partial charge in [-0.3, -0.25) is 0 Å². The Hall–Kier alpha value is 0.194. The fraction of sp³-hybridized carbons (Fsp3) is 1.00. The molecule has 156 valence electrons. The molecule has 8 heteroatoms. The van der Waals surface area contributed by atoms with Crippen LogP contribution in [0.1, 0.15) is 48.0 Å². The Kier molecular flexibility index (Phi) is 9.94. The molecule has 1 N–H and O–H groups in total. The summed E-state index contributed by atoms with van der Waals surface area (Å²) >= 11 is 0. The molecule has 2 atom stereocenters. The van der Waals surface area contributed by atoms with E-state index in [0.717, 1.165) is 53.4 Å². The van der Waals surface area contributed by atoms with Gasteiger partial charge in [-0.05, 0) is 39.5 Å². The van der Waals surface area contributed by atoms with E-state index in [1.54, 1.807) is 0 Å². The van der Waals surface area contributed by atoms with Crippen molar-refractivity contribution in [3.05, 3.63) is 0 Å².